The lowest BCUT2D eigenvalue weighted by Crippen LogP contribution is -2.22. The molecule has 0 spiro atoms. The number of ether oxygens (including phenoxy) is 2. The fraction of sp³-hybridized carbons (Fsp3) is 0.875. The second-order valence-corrected chi connectivity index (χ2v) is 5.32. The monoisotopic (exact) mass is 254 g/mol. The Morgan fingerprint density at radius 1 is 1.28 bits per heavy atom. The highest BCUT2D eigenvalue weighted by atomic mass is 16.7. The SMILES string of the molecule is CCCCC/C(C)=C/CCCOC1CCCCO1. The van der Waals surface area contributed by atoms with Gasteiger partial charge in [-0.2, -0.15) is 0 Å². The molecule has 0 N–H and O–H groups in total. The van der Waals surface area contributed by atoms with Crippen molar-refractivity contribution in [1.82, 2.24) is 0 Å². The van der Waals surface area contributed by atoms with E-state index in [1.807, 2.05) is 0 Å². The molecule has 0 aliphatic carbocycles. The van der Waals surface area contributed by atoms with Gasteiger partial charge in [0.2, 0.25) is 0 Å². The van der Waals surface area contributed by atoms with Gasteiger partial charge in [-0.15, -0.1) is 0 Å². The van der Waals surface area contributed by atoms with E-state index in [2.05, 4.69) is 19.9 Å². The molecule has 0 aromatic carbocycles. The van der Waals surface area contributed by atoms with Gasteiger partial charge in [0.05, 0.1) is 6.61 Å². The summed E-state index contributed by atoms with van der Waals surface area (Å²) in [6.45, 7) is 6.22. The van der Waals surface area contributed by atoms with Crippen LogP contribution in [0.5, 0.6) is 0 Å². The largest absolute Gasteiger partial charge is 0.353 e. The van der Waals surface area contributed by atoms with Crippen LogP contribution in [0.15, 0.2) is 11.6 Å². The first-order chi connectivity index (χ1) is 8.83. The summed E-state index contributed by atoms with van der Waals surface area (Å²) in [5, 5.41) is 0. The standard InChI is InChI=1S/C16H30O2/c1-3-4-5-10-15(2)11-6-8-13-17-16-12-7-9-14-18-16/h11,16H,3-10,12-14H2,1-2H3/b15-11+. The molecule has 18 heavy (non-hydrogen) atoms. The second-order valence-electron chi connectivity index (χ2n) is 5.32. The molecule has 1 unspecified atom stereocenters. The maximum atomic E-state index is 5.71. The van der Waals surface area contributed by atoms with Crippen LogP contribution in [-0.4, -0.2) is 19.5 Å². The number of unbranched alkanes of at least 4 members (excludes halogenated alkanes) is 3. The fourth-order valence-electron chi connectivity index (χ4n) is 2.25. The maximum absolute atomic E-state index is 5.71. The Bertz CT molecular complexity index is 217. The van der Waals surface area contributed by atoms with Gasteiger partial charge in [-0.3, -0.25) is 0 Å². The average molecular weight is 254 g/mol. The average Bonchev–Trinajstić information content (AvgIpc) is 2.40. The first kappa shape index (κ1) is 15.7. The number of rotatable bonds is 9. The molecule has 1 fully saturated rings. The molecule has 1 heterocycles. The van der Waals surface area contributed by atoms with Gasteiger partial charge in [0.1, 0.15) is 0 Å². The normalized spacial score (nSPS) is 21.2. The summed E-state index contributed by atoms with van der Waals surface area (Å²) in [4.78, 5) is 0. The molecular weight excluding hydrogens is 224 g/mol. The van der Waals surface area contributed by atoms with E-state index in [-0.39, 0.29) is 6.29 Å². The van der Waals surface area contributed by atoms with E-state index >= 15 is 0 Å². The third-order valence-electron chi connectivity index (χ3n) is 3.46. The molecule has 1 aliphatic rings. The molecule has 106 valence electrons. The minimum Gasteiger partial charge on any atom is -0.353 e. The van der Waals surface area contributed by atoms with Crippen LogP contribution in [0.1, 0.15) is 71.6 Å². The Kier molecular flexibility index (Phi) is 9.23. The van der Waals surface area contributed by atoms with Crippen LogP contribution in [0.2, 0.25) is 0 Å². The minimum absolute atomic E-state index is 0.0772. The van der Waals surface area contributed by atoms with E-state index in [4.69, 9.17) is 9.47 Å². The number of hydrogen-bond donors (Lipinski definition) is 0. The van der Waals surface area contributed by atoms with E-state index in [9.17, 15) is 0 Å². The zero-order valence-corrected chi connectivity index (χ0v) is 12.2. The van der Waals surface area contributed by atoms with E-state index in [0.717, 1.165) is 32.5 Å². The van der Waals surface area contributed by atoms with Crippen molar-refractivity contribution in [3.05, 3.63) is 11.6 Å². The van der Waals surface area contributed by atoms with E-state index in [0.29, 0.717) is 0 Å². The Labute approximate surface area is 113 Å². The van der Waals surface area contributed by atoms with Gasteiger partial charge < -0.3 is 9.47 Å². The topological polar surface area (TPSA) is 18.5 Å². The molecule has 0 radical (unpaired) electrons. The predicted molar refractivity (Wildman–Crippen MR) is 76.7 cm³/mol. The smallest absolute Gasteiger partial charge is 0.157 e. The third-order valence-corrected chi connectivity index (χ3v) is 3.46. The zero-order chi connectivity index (χ0) is 13.1. The summed E-state index contributed by atoms with van der Waals surface area (Å²) in [5.74, 6) is 0. The van der Waals surface area contributed by atoms with Crippen molar-refractivity contribution >= 4 is 0 Å². The highest BCUT2D eigenvalue weighted by molar-refractivity contribution is 4.97. The second kappa shape index (κ2) is 10.6. The summed E-state index contributed by atoms with van der Waals surface area (Å²) in [6.07, 6.45) is 13.5. The zero-order valence-electron chi connectivity index (χ0n) is 12.2. The van der Waals surface area contributed by atoms with E-state index in [1.54, 1.807) is 0 Å². The predicted octanol–water partition coefficient (Wildman–Crippen LogP) is 4.84. The maximum Gasteiger partial charge on any atom is 0.157 e. The molecule has 1 rings (SSSR count). The molecule has 2 nitrogen and oxygen atoms in total. The molecule has 0 amide bonds. The first-order valence-electron chi connectivity index (χ1n) is 7.71. The van der Waals surface area contributed by atoms with E-state index < -0.39 is 0 Å². The molecular formula is C16H30O2. The Balaban J connectivity index is 1.94. The van der Waals surface area contributed by atoms with Gasteiger partial charge in [0, 0.05) is 6.61 Å². The molecule has 0 aromatic heterocycles. The number of allylic oxidation sites excluding steroid dienone is 2. The number of hydrogen-bond acceptors (Lipinski definition) is 2. The van der Waals surface area contributed by atoms with Crippen molar-refractivity contribution in [3.8, 4) is 0 Å². The van der Waals surface area contributed by atoms with Gasteiger partial charge >= 0.3 is 0 Å². The van der Waals surface area contributed by atoms with Crippen LogP contribution in [0.3, 0.4) is 0 Å². The van der Waals surface area contributed by atoms with Crippen LogP contribution in [0.25, 0.3) is 0 Å². The molecule has 1 atom stereocenters. The molecule has 0 aromatic rings. The third kappa shape index (κ3) is 7.88. The van der Waals surface area contributed by atoms with Gasteiger partial charge in [-0.1, -0.05) is 31.4 Å². The first-order valence-corrected chi connectivity index (χ1v) is 7.71. The summed E-state index contributed by atoms with van der Waals surface area (Å²) < 4.78 is 11.2. The van der Waals surface area contributed by atoms with Gasteiger partial charge in [0.25, 0.3) is 0 Å². The summed E-state index contributed by atoms with van der Waals surface area (Å²) in [5.41, 5.74) is 1.54. The molecule has 1 saturated heterocycles. The quantitative estimate of drug-likeness (QED) is 0.433. The van der Waals surface area contributed by atoms with Crippen LogP contribution in [-0.2, 0) is 9.47 Å². The van der Waals surface area contributed by atoms with Crippen molar-refractivity contribution in [2.75, 3.05) is 13.2 Å². The summed E-state index contributed by atoms with van der Waals surface area (Å²) >= 11 is 0. The van der Waals surface area contributed by atoms with Crippen molar-refractivity contribution in [1.29, 1.82) is 0 Å². The molecule has 0 saturated carbocycles. The highest BCUT2D eigenvalue weighted by Crippen LogP contribution is 2.14. The van der Waals surface area contributed by atoms with Gasteiger partial charge in [-0.25, -0.2) is 0 Å². The molecule has 2 heteroatoms. The van der Waals surface area contributed by atoms with Gasteiger partial charge in [0.15, 0.2) is 6.29 Å². The lowest BCUT2D eigenvalue weighted by molar-refractivity contribution is -0.162. The van der Waals surface area contributed by atoms with Crippen molar-refractivity contribution in [2.24, 2.45) is 0 Å². The van der Waals surface area contributed by atoms with Gasteiger partial charge in [-0.05, 0) is 51.9 Å². The molecule has 1 aliphatic heterocycles. The molecule has 0 bridgehead atoms. The van der Waals surface area contributed by atoms with Crippen LogP contribution < -0.4 is 0 Å². The van der Waals surface area contributed by atoms with Crippen LogP contribution in [0, 0.1) is 0 Å². The Morgan fingerprint density at radius 2 is 2.17 bits per heavy atom. The summed E-state index contributed by atoms with van der Waals surface area (Å²) in [6, 6.07) is 0. The Morgan fingerprint density at radius 3 is 2.89 bits per heavy atom. The van der Waals surface area contributed by atoms with Crippen molar-refractivity contribution in [3.63, 3.8) is 0 Å². The van der Waals surface area contributed by atoms with Crippen LogP contribution >= 0.6 is 0 Å². The highest BCUT2D eigenvalue weighted by Gasteiger charge is 2.12. The van der Waals surface area contributed by atoms with Crippen LogP contribution in [0.4, 0.5) is 0 Å². The lowest BCUT2D eigenvalue weighted by Gasteiger charge is -2.22. The van der Waals surface area contributed by atoms with Crippen molar-refractivity contribution in [2.45, 2.75) is 77.9 Å². The van der Waals surface area contributed by atoms with E-state index in [1.165, 1.54) is 44.1 Å². The Hall–Kier alpha value is -0.340. The summed E-state index contributed by atoms with van der Waals surface area (Å²) in [7, 11) is 0. The van der Waals surface area contributed by atoms with Crippen molar-refractivity contribution < 1.29 is 9.47 Å². The lowest BCUT2D eigenvalue weighted by atomic mass is 10.1. The fourth-order valence-corrected chi connectivity index (χ4v) is 2.25. The minimum atomic E-state index is 0.0772.